The second-order valence-electron chi connectivity index (χ2n) is 6.80. The lowest BCUT2D eigenvalue weighted by molar-refractivity contribution is -0.144. The van der Waals surface area contributed by atoms with E-state index in [2.05, 4.69) is 5.32 Å². The second-order valence-corrected chi connectivity index (χ2v) is 6.80. The Kier molecular flexibility index (Phi) is 5.39. The molecule has 0 aliphatic carbocycles. The first-order valence-corrected chi connectivity index (χ1v) is 7.92. The average Bonchev–Trinajstić information content (AvgIpc) is 2.72. The lowest BCUT2D eigenvalue weighted by Gasteiger charge is -2.21. The van der Waals surface area contributed by atoms with E-state index in [-0.39, 0.29) is 6.54 Å². The number of imide groups is 3. The summed E-state index contributed by atoms with van der Waals surface area (Å²) >= 11 is 0. The first kappa shape index (κ1) is 19.1. The lowest BCUT2D eigenvalue weighted by atomic mass is 10.1. The third kappa shape index (κ3) is 4.65. The Morgan fingerprint density at radius 1 is 0.962 bits per heavy atom. The minimum Gasteiger partial charge on any atom is -0.333 e. The molecule has 9 nitrogen and oxygen atoms in total. The van der Waals surface area contributed by atoms with Gasteiger partial charge >= 0.3 is 23.9 Å². The number of hydrogen-bond acceptors (Lipinski definition) is 5. The largest absolute Gasteiger partial charge is 0.335 e. The quantitative estimate of drug-likeness (QED) is 0.603. The number of nitrogens with zero attached hydrogens (tertiary/aromatic N) is 2. The van der Waals surface area contributed by atoms with Crippen LogP contribution in [0.5, 0.6) is 0 Å². The minimum absolute atomic E-state index is 0.0765. The van der Waals surface area contributed by atoms with Crippen molar-refractivity contribution in [2.24, 2.45) is 0 Å². The van der Waals surface area contributed by atoms with Crippen molar-refractivity contribution in [2.75, 3.05) is 6.54 Å². The van der Waals surface area contributed by atoms with E-state index in [1.54, 1.807) is 51.1 Å². The summed E-state index contributed by atoms with van der Waals surface area (Å²) in [6.45, 7) is 4.39. The maximum absolute atomic E-state index is 12.3. The highest BCUT2D eigenvalue weighted by atomic mass is 16.2. The maximum Gasteiger partial charge on any atom is 0.335 e. The summed E-state index contributed by atoms with van der Waals surface area (Å²) in [7, 11) is 0. The van der Waals surface area contributed by atoms with E-state index < -0.39 is 41.9 Å². The Balaban J connectivity index is 2.00. The second kappa shape index (κ2) is 7.34. The van der Waals surface area contributed by atoms with E-state index in [0.29, 0.717) is 10.5 Å². The molecule has 2 rings (SSSR count). The van der Waals surface area contributed by atoms with E-state index in [4.69, 9.17) is 0 Å². The summed E-state index contributed by atoms with van der Waals surface area (Å²) in [5, 5.41) is 4.53. The van der Waals surface area contributed by atoms with Crippen LogP contribution in [-0.4, -0.2) is 51.7 Å². The van der Waals surface area contributed by atoms with E-state index in [0.717, 1.165) is 4.90 Å². The molecular weight excluding hydrogens is 340 g/mol. The fourth-order valence-corrected chi connectivity index (χ4v) is 2.28. The molecule has 2 N–H and O–H groups in total. The Morgan fingerprint density at radius 2 is 1.54 bits per heavy atom. The average molecular weight is 360 g/mol. The molecule has 1 aromatic carbocycles. The molecule has 9 heteroatoms. The van der Waals surface area contributed by atoms with Crippen LogP contribution in [0.25, 0.3) is 0 Å². The van der Waals surface area contributed by atoms with Crippen molar-refractivity contribution < 1.29 is 24.0 Å². The first-order valence-electron chi connectivity index (χ1n) is 7.92. The monoisotopic (exact) mass is 360 g/mol. The number of carbonyl (C=O) groups is 5. The number of benzene rings is 1. The summed E-state index contributed by atoms with van der Waals surface area (Å²) in [5.74, 6) is -2.98. The summed E-state index contributed by atoms with van der Waals surface area (Å²) < 4.78 is 0. The minimum atomic E-state index is -1.10. The molecule has 1 saturated heterocycles. The number of hydrogen-bond donors (Lipinski definition) is 2. The molecule has 1 aliphatic heterocycles. The van der Waals surface area contributed by atoms with Crippen LogP contribution in [0.2, 0.25) is 0 Å². The van der Waals surface area contributed by atoms with Gasteiger partial charge in [-0.25, -0.2) is 14.5 Å². The van der Waals surface area contributed by atoms with Gasteiger partial charge in [0, 0.05) is 5.54 Å². The fourth-order valence-electron chi connectivity index (χ4n) is 2.28. The highest BCUT2D eigenvalue weighted by molar-refractivity contribution is 6.45. The lowest BCUT2D eigenvalue weighted by Crippen LogP contribution is -2.51. The molecule has 0 radical (unpaired) electrons. The number of rotatable bonds is 4. The van der Waals surface area contributed by atoms with Gasteiger partial charge in [-0.05, 0) is 26.3 Å². The molecule has 0 aromatic heterocycles. The van der Waals surface area contributed by atoms with Crippen molar-refractivity contribution in [3.63, 3.8) is 0 Å². The fraction of sp³-hybridized carbons (Fsp3) is 0.353. The molecule has 0 saturated carbocycles. The molecular formula is C17H20N4O5. The predicted molar refractivity (Wildman–Crippen MR) is 90.5 cm³/mol. The van der Waals surface area contributed by atoms with Gasteiger partial charge in [0.1, 0.15) is 6.54 Å². The Bertz CT molecular complexity index is 754. The van der Waals surface area contributed by atoms with Gasteiger partial charge in [-0.2, -0.15) is 0 Å². The molecule has 1 fully saturated rings. The van der Waals surface area contributed by atoms with Gasteiger partial charge in [0.2, 0.25) is 5.91 Å². The summed E-state index contributed by atoms with van der Waals surface area (Å²) in [6, 6.07) is 7.02. The van der Waals surface area contributed by atoms with Gasteiger partial charge in [-0.15, -0.1) is 0 Å². The highest BCUT2D eigenvalue weighted by Crippen LogP contribution is 2.15. The van der Waals surface area contributed by atoms with Crippen molar-refractivity contribution in [1.82, 2.24) is 20.4 Å². The highest BCUT2D eigenvalue weighted by Gasteiger charge is 2.45. The van der Waals surface area contributed by atoms with Crippen molar-refractivity contribution in [3.8, 4) is 0 Å². The Hall–Kier alpha value is -3.23. The molecule has 7 amide bonds. The Morgan fingerprint density at radius 3 is 2.12 bits per heavy atom. The van der Waals surface area contributed by atoms with Crippen LogP contribution < -0.4 is 10.6 Å². The summed E-state index contributed by atoms with van der Waals surface area (Å²) in [6.07, 6.45) is 0. The number of amides is 7. The van der Waals surface area contributed by atoms with Crippen LogP contribution in [0.4, 0.5) is 9.59 Å². The zero-order valence-electron chi connectivity index (χ0n) is 14.7. The van der Waals surface area contributed by atoms with Crippen LogP contribution in [0.3, 0.4) is 0 Å². The van der Waals surface area contributed by atoms with Crippen molar-refractivity contribution in [2.45, 2.75) is 32.9 Å². The maximum atomic E-state index is 12.3. The van der Waals surface area contributed by atoms with Crippen molar-refractivity contribution in [3.05, 3.63) is 35.9 Å². The zero-order valence-corrected chi connectivity index (χ0v) is 14.7. The Labute approximate surface area is 150 Å². The van der Waals surface area contributed by atoms with E-state index in [1.165, 1.54) is 0 Å². The van der Waals surface area contributed by atoms with Gasteiger partial charge in [-0.1, -0.05) is 30.3 Å². The van der Waals surface area contributed by atoms with Gasteiger partial charge in [0.05, 0.1) is 6.54 Å². The molecule has 0 bridgehead atoms. The van der Waals surface area contributed by atoms with Crippen LogP contribution in [-0.2, 0) is 20.9 Å². The molecule has 1 aliphatic rings. The van der Waals surface area contributed by atoms with Crippen LogP contribution >= 0.6 is 0 Å². The first-order chi connectivity index (χ1) is 12.1. The van der Waals surface area contributed by atoms with E-state index >= 15 is 0 Å². The van der Waals surface area contributed by atoms with E-state index in [1.807, 2.05) is 5.32 Å². The molecule has 1 heterocycles. The van der Waals surface area contributed by atoms with Crippen molar-refractivity contribution >= 4 is 29.8 Å². The summed E-state index contributed by atoms with van der Waals surface area (Å²) in [4.78, 5) is 61.2. The predicted octanol–water partition coefficient (Wildman–Crippen LogP) is 0.602. The third-order valence-corrected chi connectivity index (χ3v) is 3.36. The van der Waals surface area contributed by atoms with E-state index in [9.17, 15) is 24.0 Å². The summed E-state index contributed by atoms with van der Waals surface area (Å²) in [5.41, 5.74) is 0.101. The van der Waals surface area contributed by atoms with Gasteiger partial charge < -0.3 is 5.32 Å². The van der Waals surface area contributed by atoms with Gasteiger partial charge in [-0.3, -0.25) is 24.6 Å². The standard InChI is InChI=1S/C17H20N4O5/c1-17(2,3)19-15(25)18-12(22)10-21-14(24)13(23)20(16(21)26)9-11-7-5-4-6-8-11/h4-8H,9-10H2,1-3H3,(H2,18,19,22,25). The number of carbonyl (C=O) groups excluding carboxylic acids is 5. The molecule has 26 heavy (non-hydrogen) atoms. The molecule has 1 aromatic rings. The van der Waals surface area contributed by atoms with Gasteiger partial charge in [0.25, 0.3) is 0 Å². The molecule has 0 unspecified atom stereocenters. The normalized spacial score (nSPS) is 14.7. The van der Waals surface area contributed by atoms with Gasteiger partial charge in [0.15, 0.2) is 0 Å². The number of nitrogens with one attached hydrogen (secondary N) is 2. The third-order valence-electron chi connectivity index (χ3n) is 3.36. The molecule has 0 atom stereocenters. The SMILES string of the molecule is CC(C)(C)NC(=O)NC(=O)CN1C(=O)C(=O)N(Cc2ccccc2)C1=O. The molecule has 138 valence electrons. The van der Waals surface area contributed by atoms with Crippen LogP contribution in [0.1, 0.15) is 26.3 Å². The van der Waals surface area contributed by atoms with Crippen molar-refractivity contribution in [1.29, 1.82) is 0 Å². The van der Waals surface area contributed by atoms with Crippen LogP contribution in [0, 0.1) is 0 Å². The zero-order chi connectivity index (χ0) is 19.5. The van der Waals surface area contributed by atoms with Crippen LogP contribution in [0.15, 0.2) is 30.3 Å². The molecule has 0 spiro atoms. The number of urea groups is 2. The topological polar surface area (TPSA) is 116 Å². The smallest absolute Gasteiger partial charge is 0.333 e.